The number of rotatable bonds is 17. The van der Waals surface area contributed by atoms with Gasteiger partial charge in [-0.15, -0.1) is 0 Å². The molecule has 5 amide bonds. The smallest absolute Gasteiger partial charge is 0.316 e. The van der Waals surface area contributed by atoms with E-state index in [-0.39, 0.29) is 38.0 Å². The number of aliphatic hydroxyl groups excluding tert-OH is 2. The van der Waals surface area contributed by atoms with Crippen molar-refractivity contribution in [2.24, 2.45) is 5.73 Å². The molecule has 0 aliphatic rings. The summed E-state index contributed by atoms with van der Waals surface area (Å²) in [7, 11) is 1.34. The Morgan fingerprint density at radius 3 is 2.39 bits per heavy atom. The van der Waals surface area contributed by atoms with Gasteiger partial charge in [0, 0.05) is 20.3 Å². The van der Waals surface area contributed by atoms with Crippen LogP contribution in [0.5, 0.6) is 0 Å². The highest BCUT2D eigenvalue weighted by Gasteiger charge is 2.29. The van der Waals surface area contributed by atoms with Crippen LogP contribution in [0.2, 0.25) is 0 Å². The summed E-state index contributed by atoms with van der Waals surface area (Å²) in [6, 6.07) is -4.23. The monoisotopic (exact) mass is 517 g/mol. The number of nitrogens with zero attached hydrogens (tertiary/aromatic N) is 2. The lowest BCUT2D eigenvalue weighted by Gasteiger charge is -2.21. The van der Waals surface area contributed by atoms with Crippen molar-refractivity contribution in [3.05, 3.63) is 11.7 Å². The van der Waals surface area contributed by atoms with Crippen LogP contribution in [-0.2, 0) is 23.9 Å². The van der Waals surface area contributed by atoms with Crippen molar-refractivity contribution in [3.63, 3.8) is 0 Å². The lowest BCUT2D eigenvalue weighted by molar-refractivity contribution is -0.127. The molecule has 0 aliphatic heterocycles. The molecular weight excluding hydrogens is 482 g/mol. The first-order valence-corrected chi connectivity index (χ1v) is 11.3. The van der Waals surface area contributed by atoms with Crippen molar-refractivity contribution >= 4 is 23.8 Å². The lowest BCUT2D eigenvalue weighted by Crippen LogP contribution is -2.54. The molecule has 1 unspecified atom stereocenters. The van der Waals surface area contributed by atoms with Gasteiger partial charge in [0.15, 0.2) is 5.82 Å². The van der Waals surface area contributed by atoms with Gasteiger partial charge in [0.25, 0.3) is 0 Å². The Bertz CT molecular complexity index is 849. The number of aromatic nitrogens is 2. The molecule has 0 fully saturated rings. The number of primary amides is 1. The van der Waals surface area contributed by atoms with Crippen LogP contribution in [0.15, 0.2) is 4.52 Å². The van der Waals surface area contributed by atoms with Gasteiger partial charge < -0.3 is 51.2 Å². The van der Waals surface area contributed by atoms with E-state index in [1.807, 2.05) is 6.92 Å². The zero-order chi connectivity index (χ0) is 27.1. The van der Waals surface area contributed by atoms with E-state index < -0.39 is 54.4 Å². The van der Waals surface area contributed by atoms with E-state index in [0.29, 0.717) is 13.2 Å². The number of carbonyl (C=O) groups excluding carboxylic acids is 4. The van der Waals surface area contributed by atoms with Crippen molar-refractivity contribution in [1.82, 2.24) is 31.4 Å². The number of nitrogens with one attached hydrogen (secondary N) is 4. The van der Waals surface area contributed by atoms with Crippen molar-refractivity contribution in [1.29, 1.82) is 0 Å². The molecule has 1 aromatic rings. The number of aliphatic hydroxyl groups is 2. The molecule has 0 aromatic carbocycles. The SMILES string of the molecule is CCOCCOCC(=O)N[C@@H](CCO)c1noc([C@H](CC(N)=O)NC(=O)N[C@H](C(=O)NC)C(C)O)n1. The zero-order valence-corrected chi connectivity index (χ0v) is 20.5. The van der Waals surface area contributed by atoms with Crippen LogP contribution < -0.4 is 27.0 Å². The fourth-order valence-electron chi connectivity index (χ4n) is 2.89. The highest BCUT2D eigenvalue weighted by molar-refractivity contribution is 5.87. The standard InChI is InChI=1S/C20H35N7O9/c1-4-34-7-8-35-10-15(31)23-12(5-6-28)17-26-19(36-27-17)13(9-14(21)30)24-20(33)25-16(11(2)29)18(32)22-3/h11-13,16,28-29H,4-10H2,1-3H3,(H2,21,30)(H,22,32)(H,23,31)(H2,24,25,33)/t11?,12-,13-,16-/m0/s1. The molecule has 1 aromatic heterocycles. The molecule has 0 spiro atoms. The summed E-state index contributed by atoms with van der Waals surface area (Å²) in [5.41, 5.74) is 5.27. The highest BCUT2D eigenvalue weighted by atomic mass is 16.5. The summed E-state index contributed by atoms with van der Waals surface area (Å²) in [6.07, 6.45) is -1.61. The Labute approximate surface area is 207 Å². The van der Waals surface area contributed by atoms with Crippen molar-refractivity contribution in [2.75, 3.05) is 40.1 Å². The number of hydrogen-bond donors (Lipinski definition) is 7. The molecule has 0 saturated heterocycles. The van der Waals surface area contributed by atoms with Gasteiger partial charge in [-0.3, -0.25) is 14.4 Å². The molecule has 36 heavy (non-hydrogen) atoms. The summed E-state index contributed by atoms with van der Waals surface area (Å²) in [4.78, 5) is 52.2. The van der Waals surface area contributed by atoms with Gasteiger partial charge in [-0.05, 0) is 20.3 Å². The fraction of sp³-hybridized carbons (Fsp3) is 0.700. The van der Waals surface area contributed by atoms with Gasteiger partial charge in [0.2, 0.25) is 23.6 Å². The number of hydrogen-bond acceptors (Lipinski definition) is 11. The van der Waals surface area contributed by atoms with Crippen LogP contribution >= 0.6 is 0 Å². The predicted molar refractivity (Wildman–Crippen MR) is 122 cm³/mol. The van der Waals surface area contributed by atoms with Crippen LogP contribution in [0.3, 0.4) is 0 Å². The Morgan fingerprint density at radius 2 is 1.81 bits per heavy atom. The van der Waals surface area contributed by atoms with Gasteiger partial charge in [0.1, 0.15) is 18.7 Å². The Kier molecular flexibility index (Phi) is 13.9. The fourth-order valence-corrected chi connectivity index (χ4v) is 2.89. The molecular formula is C20H35N7O9. The molecule has 16 nitrogen and oxygen atoms in total. The third-order valence-corrected chi connectivity index (χ3v) is 4.64. The maximum Gasteiger partial charge on any atom is 0.316 e. The van der Waals surface area contributed by atoms with Gasteiger partial charge in [-0.25, -0.2) is 4.79 Å². The first kappa shape index (κ1) is 30.7. The summed E-state index contributed by atoms with van der Waals surface area (Å²) < 4.78 is 15.5. The molecule has 0 saturated carbocycles. The van der Waals surface area contributed by atoms with Crippen molar-refractivity contribution in [3.8, 4) is 0 Å². The van der Waals surface area contributed by atoms with Crippen molar-refractivity contribution < 1.29 is 43.4 Å². The number of urea groups is 1. The number of amides is 5. The van der Waals surface area contributed by atoms with Crippen molar-refractivity contribution in [2.45, 2.75) is 50.9 Å². The van der Waals surface area contributed by atoms with Gasteiger partial charge >= 0.3 is 6.03 Å². The molecule has 204 valence electrons. The maximum absolute atomic E-state index is 12.4. The summed E-state index contributed by atoms with van der Waals surface area (Å²) in [6.45, 7) is 3.64. The first-order valence-electron chi connectivity index (χ1n) is 11.3. The number of nitrogens with two attached hydrogens (primary N) is 1. The minimum atomic E-state index is -1.28. The molecule has 8 N–H and O–H groups in total. The third-order valence-electron chi connectivity index (χ3n) is 4.64. The maximum atomic E-state index is 12.4. The third kappa shape index (κ3) is 10.9. The molecule has 1 heterocycles. The number of likely N-dealkylation sites (N-methyl/N-ethyl adjacent to an activating group) is 1. The average molecular weight is 518 g/mol. The topological polar surface area (TPSA) is 240 Å². The minimum Gasteiger partial charge on any atom is -0.396 e. The highest BCUT2D eigenvalue weighted by Crippen LogP contribution is 2.19. The predicted octanol–water partition coefficient (Wildman–Crippen LogP) is -2.63. The number of carbonyl (C=O) groups is 4. The summed E-state index contributed by atoms with van der Waals surface area (Å²) in [5, 5.41) is 32.5. The van der Waals surface area contributed by atoms with Crippen LogP contribution in [-0.4, -0.2) is 96.3 Å². The van der Waals surface area contributed by atoms with Gasteiger partial charge in [-0.2, -0.15) is 4.98 Å². The summed E-state index contributed by atoms with van der Waals surface area (Å²) in [5.74, 6) is -2.18. The van der Waals surface area contributed by atoms with E-state index in [2.05, 4.69) is 31.4 Å². The van der Waals surface area contributed by atoms with E-state index in [1.165, 1.54) is 14.0 Å². The zero-order valence-electron chi connectivity index (χ0n) is 20.5. The largest absolute Gasteiger partial charge is 0.396 e. The Balaban J connectivity index is 2.90. The minimum absolute atomic E-state index is 0.0226. The molecule has 0 aliphatic carbocycles. The second-order valence-electron chi connectivity index (χ2n) is 7.55. The second-order valence-corrected chi connectivity index (χ2v) is 7.55. The summed E-state index contributed by atoms with van der Waals surface area (Å²) >= 11 is 0. The van der Waals surface area contributed by atoms with E-state index in [4.69, 9.17) is 19.7 Å². The number of ether oxygens (including phenoxy) is 2. The van der Waals surface area contributed by atoms with Crippen LogP contribution in [0.4, 0.5) is 4.79 Å². The van der Waals surface area contributed by atoms with Crippen LogP contribution in [0.25, 0.3) is 0 Å². The molecule has 1 rings (SSSR count). The van der Waals surface area contributed by atoms with Gasteiger partial charge in [0.05, 0.1) is 31.8 Å². The second kappa shape index (κ2) is 16.4. The Morgan fingerprint density at radius 1 is 1.11 bits per heavy atom. The van der Waals surface area contributed by atoms with E-state index in [1.54, 1.807) is 0 Å². The first-order chi connectivity index (χ1) is 17.1. The molecule has 4 atom stereocenters. The quantitative estimate of drug-likeness (QED) is 0.105. The van der Waals surface area contributed by atoms with Crippen LogP contribution in [0, 0.1) is 0 Å². The molecule has 16 heteroatoms. The molecule has 0 bridgehead atoms. The van der Waals surface area contributed by atoms with Gasteiger partial charge in [-0.1, -0.05) is 5.16 Å². The van der Waals surface area contributed by atoms with Crippen LogP contribution in [0.1, 0.15) is 50.5 Å². The normalized spacial score (nSPS) is 14.2. The Hall–Kier alpha value is -3.34. The molecule has 0 radical (unpaired) electrons. The van der Waals surface area contributed by atoms with E-state index in [0.717, 1.165) is 0 Å². The average Bonchev–Trinajstić information content (AvgIpc) is 3.31. The van der Waals surface area contributed by atoms with E-state index >= 15 is 0 Å². The van der Waals surface area contributed by atoms with E-state index in [9.17, 15) is 29.4 Å². The lowest BCUT2D eigenvalue weighted by atomic mass is 10.1.